The van der Waals surface area contributed by atoms with Crippen LogP contribution >= 0.6 is 0 Å². The van der Waals surface area contributed by atoms with E-state index >= 15 is 0 Å². The molecule has 1 saturated heterocycles. The van der Waals surface area contributed by atoms with Gasteiger partial charge in [-0.3, -0.25) is 9.78 Å². The number of fused-ring (bicyclic) bond motifs is 1. The fourth-order valence-corrected chi connectivity index (χ4v) is 4.31. The van der Waals surface area contributed by atoms with Crippen molar-refractivity contribution in [3.05, 3.63) is 65.2 Å². The number of methoxy groups -OCH3 is 1. The molecule has 7 heteroatoms. The van der Waals surface area contributed by atoms with E-state index in [9.17, 15) is 9.18 Å². The largest absolute Gasteiger partial charge is 0.383 e. The average Bonchev–Trinajstić information content (AvgIpc) is 3.16. The molecule has 1 aliphatic heterocycles. The molecule has 1 amide bonds. The quantitative estimate of drug-likeness (QED) is 0.677. The second-order valence-electron chi connectivity index (χ2n) is 7.67. The van der Waals surface area contributed by atoms with Crippen molar-refractivity contribution in [3.8, 4) is 0 Å². The van der Waals surface area contributed by atoms with Crippen LogP contribution in [0.25, 0.3) is 11.0 Å². The van der Waals surface area contributed by atoms with Gasteiger partial charge in [0.15, 0.2) is 0 Å². The second kappa shape index (κ2) is 8.93. The van der Waals surface area contributed by atoms with Crippen molar-refractivity contribution in [2.24, 2.45) is 5.73 Å². The van der Waals surface area contributed by atoms with E-state index in [1.54, 1.807) is 19.4 Å². The molecule has 0 unspecified atom stereocenters. The third kappa shape index (κ3) is 3.82. The third-order valence-electron chi connectivity index (χ3n) is 5.96. The van der Waals surface area contributed by atoms with Crippen LogP contribution in [0.5, 0.6) is 0 Å². The Labute approximate surface area is 175 Å². The summed E-state index contributed by atoms with van der Waals surface area (Å²) in [5.41, 5.74) is 9.25. The summed E-state index contributed by atoms with van der Waals surface area (Å²) in [6.07, 6.45) is 3.19. The molecular weight excluding hydrogens is 383 g/mol. The van der Waals surface area contributed by atoms with Crippen LogP contribution in [0.1, 0.15) is 40.4 Å². The highest BCUT2D eigenvalue weighted by atomic mass is 19.1. The molecule has 0 aliphatic carbocycles. The highest BCUT2D eigenvalue weighted by Crippen LogP contribution is 2.32. The van der Waals surface area contributed by atoms with Gasteiger partial charge in [-0.15, -0.1) is 0 Å². The zero-order valence-electron chi connectivity index (χ0n) is 17.2. The molecule has 0 saturated carbocycles. The number of nitrogens with two attached hydrogens (primary N) is 1. The Kier molecular flexibility index (Phi) is 6.11. The standard InChI is InChI=1S/C23H27FN4O2/c1-30-13-12-28-20-6-3-9-26-19(20)14-21(28)23(29)27-10-7-16(8-11-27)18-5-2-4-17(15-25)22(18)24/h2-6,9,14,16H,7-8,10-13,15,25H2,1H3. The number of halogens is 1. The number of benzene rings is 1. The summed E-state index contributed by atoms with van der Waals surface area (Å²) in [7, 11) is 1.65. The number of pyridine rings is 1. The molecule has 3 heterocycles. The van der Waals surface area contributed by atoms with Crippen LogP contribution in [0, 0.1) is 5.82 Å². The van der Waals surface area contributed by atoms with Gasteiger partial charge >= 0.3 is 0 Å². The van der Waals surface area contributed by atoms with Crippen molar-refractivity contribution in [1.82, 2.24) is 14.5 Å². The van der Waals surface area contributed by atoms with E-state index in [4.69, 9.17) is 10.5 Å². The lowest BCUT2D eigenvalue weighted by Crippen LogP contribution is -2.39. The maximum atomic E-state index is 14.7. The first-order valence-corrected chi connectivity index (χ1v) is 10.3. The molecule has 1 aliphatic rings. The molecule has 3 aromatic rings. The number of piperidine rings is 1. The van der Waals surface area contributed by atoms with Gasteiger partial charge in [-0.05, 0) is 42.5 Å². The molecule has 4 rings (SSSR count). The van der Waals surface area contributed by atoms with Crippen molar-refractivity contribution in [2.75, 3.05) is 26.8 Å². The van der Waals surface area contributed by atoms with E-state index in [1.807, 2.05) is 39.8 Å². The van der Waals surface area contributed by atoms with Crippen molar-refractivity contribution >= 4 is 16.9 Å². The fourth-order valence-electron chi connectivity index (χ4n) is 4.31. The van der Waals surface area contributed by atoms with Crippen LogP contribution < -0.4 is 5.73 Å². The van der Waals surface area contributed by atoms with Crippen LogP contribution in [0.4, 0.5) is 4.39 Å². The highest BCUT2D eigenvalue weighted by Gasteiger charge is 2.28. The predicted octanol–water partition coefficient (Wildman–Crippen LogP) is 3.30. The Morgan fingerprint density at radius 2 is 2.07 bits per heavy atom. The lowest BCUT2D eigenvalue weighted by Gasteiger charge is -2.32. The zero-order chi connectivity index (χ0) is 21.1. The molecule has 0 radical (unpaired) electrons. The Morgan fingerprint density at radius 1 is 1.27 bits per heavy atom. The average molecular weight is 410 g/mol. The SMILES string of the molecule is COCCn1c(C(=O)N2CCC(c3cccc(CN)c3F)CC2)cc2ncccc21. The van der Waals surface area contributed by atoms with Crippen LogP contribution in [0.3, 0.4) is 0 Å². The van der Waals surface area contributed by atoms with Crippen molar-refractivity contribution in [3.63, 3.8) is 0 Å². The van der Waals surface area contributed by atoms with Crippen LogP contribution in [0.2, 0.25) is 0 Å². The molecule has 2 aromatic heterocycles. The topological polar surface area (TPSA) is 73.4 Å². The van der Waals surface area contributed by atoms with E-state index in [2.05, 4.69) is 4.98 Å². The normalized spacial score (nSPS) is 15.1. The van der Waals surface area contributed by atoms with Gasteiger partial charge in [-0.1, -0.05) is 18.2 Å². The van der Waals surface area contributed by atoms with E-state index < -0.39 is 0 Å². The monoisotopic (exact) mass is 410 g/mol. The molecule has 1 aromatic carbocycles. The minimum atomic E-state index is -0.199. The van der Waals surface area contributed by atoms with E-state index in [0.717, 1.165) is 23.9 Å². The molecule has 0 spiro atoms. The maximum Gasteiger partial charge on any atom is 0.270 e. The van der Waals surface area contributed by atoms with E-state index in [-0.39, 0.29) is 24.2 Å². The summed E-state index contributed by atoms with van der Waals surface area (Å²) < 4.78 is 21.9. The van der Waals surface area contributed by atoms with E-state index in [1.165, 1.54) is 0 Å². The van der Waals surface area contributed by atoms with Crippen molar-refractivity contribution < 1.29 is 13.9 Å². The number of rotatable bonds is 6. The minimum absolute atomic E-state index is 0.0151. The summed E-state index contributed by atoms with van der Waals surface area (Å²) in [6.45, 7) is 2.47. The Hall–Kier alpha value is -2.77. The smallest absolute Gasteiger partial charge is 0.270 e. The molecule has 158 valence electrons. The lowest BCUT2D eigenvalue weighted by atomic mass is 9.88. The molecule has 30 heavy (non-hydrogen) atoms. The van der Waals surface area contributed by atoms with Gasteiger partial charge in [-0.25, -0.2) is 4.39 Å². The summed E-state index contributed by atoms with van der Waals surface area (Å²) in [6, 6.07) is 11.1. The first kappa shape index (κ1) is 20.5. The molecular formula is C23H27FN4O2. The number of hydrogen-bond donors (Lipinski definition) is 1. The predicted molar refractivity (Wildman–Crippen MR) is 114 cm³/mol. The highest BCUT2D eigenvalue weighted by molar-refractivity contribution is 5.97. The molecule has 1 fully saturated rings. The van der Waals surface area contributed by atoms with Gasteiger partial charge in [0.1, 0.15) is 11.5 Å². The maximum absolute atomic E-state index is 14.7. The number of amides is 1. The number of carbonyl (C=O) groups is 1. The van der Waals surface area contributed by atoms with E-state index in [0.29, 0.717) is 43.1 Å². The summed E-state index contributed by atoms with van der Waals surface area (Å²) in [4.78, 5) is 19.6. The number of aromatic nitrogens is 2. The molecule has 0 bridgehead atoms. The van der Waals surface area contributed by atoms with Gasteiger partial charge in [0.25, 0.3) is 5.91 Å². The summed E-state index contributed by atoms with van der Waals surface area (Å²) >= 11 is 0. The molecule has 2 N–H and O–H groups in total. The minimum Gasteiger partial charge on any atom is -0.383 e. The van der Waals surface area contributed by atoms with Gasteiger partial charge < -0.3 is 19.9 Å². The number of hydrogen-bond acceptors (Lipinski definition) is 4. The molecule has 6 nitrogen and oxygen atoms in total. The van der Waals surface area contributed by atoms with Crippen LogP contribution in [0.15, 0.2) is 42.6 Å². The van der Waals surface area contributed by atoms with Gasteiger partial charge in [0.05, 0.1) is 17.6 Å². The number of carbonyl (C=O) groups excluding carboxylic acids is 1. The first-order chi connectivity index (χ1) is 14.6. The van der Waals surface area contributed by atoms with Crippen molar-refractivity contribution in [2.45, 2.75) is 31.8 Å². The number of ether oxygens (including phenoxy) is 1. The van der Waals surface area contributed by atoms with Gasteiger partial charge in [0, 0.05) is 45.0 Å². The first-order valence-electron chi connectivity index (χ1n) is 10.3. The summed E-state index contributed by atoms with van der Waals surface area (Å²) in [5, 5.41) is 0. The third-order valence-corrected chi connectivity index (χ3v) is 5.96. The van der Waals surface area contributed by atoms with Gasteiger partial charge in [0.2, 0.25) is 0 Å². The Morgan fingerprint density at radius 3 is 2.80 bits per heavy atom. The second-order valence-corrected chi connectivity index (χ2v) is 7.67. The van der Waals surface area contributed by atoms with Gasteiger partial charge in [-0.2, -0.15) is 0 Å². The number of nitrogens with zero attached hydrogens (tertiary/aromatic N) is 3. The molecule has 0 atom stereocenters. The van der Waals surface area contributed by atoms with Crippen LogP contribution in [-0.4, -0.2) is 47.2 Å². The fraction of sp³-hybridized carbons (Fsp3) is 0.391. The van der Waals surface area contributed by atoms with Crippen molar-refractivity contribution in [1.29, 1.82) is 0 Å². The van der Waals surface area contributed by atoms with Crippen LogP contribution in [-0.2, 0) is 17.8 Å². The zero-order valence-corrected chi connectivity index (χ0v) is 17.2. The summed E-state index contributed by atoms with van der Waals surface area (Å²) in [5.74, 6) is -0.115. The Bertz CT molecular complexity index is 1040. The number of likely N-dealkylation sites (tertiary alicyclic amines) is 1. The lowest BCUT2D eigenvalue weighted by molar-refractivity contribution is 0.0699. The Balaban J connectivity index is 1.52.